The Morgan fingerprint density at radius 1 is 1.20 bits per heavy atom. The summed E-state index contributed by atoms with van der Waals surface area (Å²) >= 11 is 0. The van der Waals surface area contributed by atoms with E-state index in [0.29, 0.717) is 37.2 Å². The maximum Gasteiger partial charge on any atom is 0.420 e. The van der Waals surface area contributed by atoms with Gasteiger partial charge in [-0.15, -0.1) is 5.10 Å². The van der Waals surface area contributed by atoms with Gasteiger partial charge in [0, 0.05) is 49.4 Å². The number of carbonyl (C=O) groups is 1. The van der Waals surface area contributed by atoms with Gasteiger partial charge in [-0.05, 0) is 51.8 Å². The van der Waals surface area contributed by atoms with Crippen molar-refractivity contribution in [3.63, 3.8) is 0 Å². The molecule has 0 bridgehead atoms. The molecule has 0 unspecified atom stereocenters. The fourth-order valence-electron chi connectivity index (χ4n) is 4.95. The number of aromatic nitrogens is 4. The summed E-state index contributed by atoms with van der Waals surface area (Å²) in [6.45, 7) is 8.78. The number of fused-ring (bicyclic) bond motifs is 1. The molecular formula is C30H32F3N7O5. The van der Waals surface area contributed by atoms with E-state index < -0.39 is 30.2 Å². The van der Waals surface area contributed by atoms with Crippen LogP contribution in [0, 0.1) is 5.82 Å². The molecule has 4 heterocycles. The monoisotopic (exact) mass is 627 g/mol. The van der Waals surface area contributed by atoms with Crippen molar-refractivity contribution in [3.8, 4) is 11.1 Å². The Kier molecular flexibility index (Phi) is 9.06. The number of carbonyl (C=O) groups excluding carboxylic acids is 1. The summed E-state index contributed by atoms with van der Waals surface area (Å²) < 4.78 is 59.4. The molecule has 12 nitrogen and oxygen atoms in total. The smallest absolute Gasteiger partial charge is 0.420 e. The normalized spacial score (nSPS) is 14.7. The first-order valence-corrected chi connectivity index (χ1v) is 14.2. The summed E-state index contributed by atoms with van der Waals surface area (Å²) in [5.74, 6) is -1.47. The minimum absolute atomic E-state index is 0.0217. The molecule has 0 aliphatic carbocycles. The first-order chi connectivity index (χ1) is 21.4. The molecule has 1 aliphatic rings. The lowest BCUT2D eigenvalue weighted by Crippen LogP contribution is -2.42. The number of hydrogen-bond donors (Lipinski definition) is 0. The molecule has 0 atom stereocenters. The Balaban J connectivity index is 1.30. The van der Waals surface area contributed by atoms with Gasteiger partial charge in [-0.25, -0.2) is 22.8 Å². The van der Waals surface area contributed by atoms with Gasteiger partial charge in [0.25, 0.3) is 6.43 Å². The van der Waals surface area contributed by atoms with Crippen LogP contribution in [-0.4, -0.2) is 74.7 Å². The number of ether oxygens (including phenoxy) is 2. The molecule has 5 rings (SSSR count). The molecule has 0 radical (unpaired) electrons. The lowest BCUT2D eigenvalue weighted by atomic mass is 10.1. The average molecular weight is 628 g/mol. The minimum Gasteiger partial charge on any atom is -0.470 e. The first-order valence-electron chi connectivity index (χ1n) is 14.2. The van der Waals surface area contributed by atoms with E-state index >= 15 is 4.39 Å². The van der Waals surface area contributed by atoms with Gasteiger partial charge >= 0.3 is 11.8 Å². The zero-order valence-corrected chi connectivity index (χ0v) is 25.0. The number of likely N-dealkylation sites (tertiary alicyclic amines) is 1. The molecule has 4 aromatic rings. The Morgan fingerprint density at radius 3 is 2.60 bits per heavy atom. The van der Waals surface area contributed by atoms with E-state index in [1.807, 2.05) is 20.8 Å². The molecule has 45 heavy (non-hydrogen) atoms. The summed E-state index contributed by atoms with van der Waals surface area (Å²) in [7, 11) is 0. The summed E-state index contributed by atoms with van der Waals surface area (Å²) in [6, 6.07) is 5.76. The van der Waals surface area contributed by atoms with Gasteiger partial charge in [-0.3, -0.25) is 14.2 Å². The molecule has 238 valence electrons. The van der Waals surface area contributed by atoms with Crippen LogP contribution in [0.2, 0.25) is 0 Å². The second-order valence-electron chi connectivity index (χ2n) is 11.4. The van der Waals surface area contributed by atoms with Crippen molar-refractivity contribution in [2.75, 3.05) is 19.7 Å². The summed E-state index contributed by atoms with van der Waals surface area (Å²) in [6.07, 6.45) is 2.89. The predicted octanol–water partition coefficient (Wildman–Crippen LogP) is 5.26. The number of nitrogens with zero attached hydrogens (tertiary/aromatic N) is 7. The molecular weight excluding hydrogens is 595 g/mol. The second-order valence-corrected chi connectivity index (χ2v) is 11.4. The number of pyridine rings is 1. The van der Waals surface area contributed by atoms with Crippen LogP contribution < -0.4 is 5.76 Å². The van der Waals surface area contributed by atoms with Crippen molar-refractivity contribution in [1.82, 2.24) is 24.2 Å². The molecule has 0 spiro atoms. The van der Waals surface area contributed by atoms with Crippen molar-refractivity contribution in [2.24, 2.45) is 10.2 Å². The van der Waals surface area contributed by atoms with Gasteiger partial charge in [0.05, 0.1) is 35.6 Å². The third kappa shape index (κ3) is 7.41. The topological polar surface area (TPSA) is 129 Å². The van der Waals surface area contributed by atoms with Crippen LogP contribution >= 0.6 is 0 Å². The van der Waals surface area contributed by atoms with E-state index in [2.05, 4.69) is 27.0 Å². The Labute approximate surface area is 255 Å². The second kappa shape index (κ2) is 13.0. The van der Waals surface area contributed by atoms with Gasteiger partial charge in [-0.2, -0.15) is 10.2 Å². The molecule has 0 N–H and O–H groups in total. The van der Waals surface area contributed by atoms with E-state index in [4.69, 9.17) is 13.9 Å². The molecule has 1 fully saturated rings. The number of rotatable bonds is 8. The molecule has 1 aromatic carbocycles. The number of hydrogen-bond acceptors (Lipinski definition) is 9. The lowest BCUT2D eigenvalue weighted by molar-refractivity contribution is 0.0184. The molecule has 1 saturated heterocycles. The van der Waals surface area contributed by atoms with E-state index in [1.165, 1.54) is 29.0 Å². The van der Waals surface area contributed by atoms with Crippen molar-refractivity contribution >= 4 is 29.8 Å². The molecule has 1 amide bonds. The van der Waals surface area contributed by atoms with E-state index in [-0.39, 0.29) is 46.8 Å². The third-order valence-electron chi connectivity index (χ3n) is 7.06. The minimum atomic E-state index is -2.71. The molecule has 3 aromatic heterocycles. The Hall–Kier alpha value is -4.95. The van der Waals surface area contributed by atoms with Crippen molar-refractivity contribution in [1.29, 1.82) is 0 Å². The molecule has 15 heteroatoms. The highest BCUT2D eigenvalue weighted by Gasteiger charge is 2.28. The summed E-state index contributed by atoms with van der Waals surface area (Å²) in [4.78, 5) is 31.0. The highest BCUT2D eigenvalue weighted by molar-refractivity contribution is 5.93. The standard InChI is InChI=1S/C30H32F3N7O5/c1-30(2,3)45-28(41)38-9-7-21(8-10-38)40-15-19(14-36-40)22-11-25-24(12-23(22)31)39(29(42)44-25)16-20-6-5-18(13-35-20)27(37-34-4)43-17-26(32)33/h5-6,11-15,21,26H,4,7-10,16-17H2,1-3H3/b37-27-. The number of halogens is 3. The fraction of sp³-hybridized carbons (Fsp3) is 0.400. The number of amides is 1. The van der Waals surface area contributed by atoms with Gasteiger partial charge < -0.3 is 18.8 Å². The highest BCUT2D eigenvalue weighted by Crippen LogP contribution is 2.30. The number of benzene rings is 1. The van der Waals surface area contributed by atoms with Crippen LogP contribution in [0.25, 0.3) is 22.2 Å². The highest BCUT2D eigenvalue weighted by atomic mass is 19.3. The number of alkyl halides is 2. The quantitative estimate of drug-likeness (QED) is 0.148. The zero-order valence-electron chi connectivity index (χ0n) is 25.0. The van der Waals surface area contributed by atoms with Gasteiger partial charge in [0.1, 0.15) is 11.4 Å². The summed E-state index contributed by atoms with van der Waals surface area (Å²) in [5, 5.41) is 11.4. The third-order valence-corrected chi connectivity index (χ3v) is 7.06. The van der Waals surface area contributed by atoms with E-state index in [0.717, 1.165) is 0 Å². The number of oxazole rings is 1. The number of piperidine rings is 1. The first kappa shape index (κ1) is 31.5. The van der Waals surface area contributed by atoms with Crippen LogP contribution in [0.1, 0.15) is 50.9 Å². The molecule has 0 saturated carbocycles. The fourth-order valence-corrected chi connectivity index (χ4v) is 4.95. The zero-order chi connectivity index (χ0) is 32.3. The van der Waals surface area contributed by atoms with Crippen LogP contribution in [0.4, 0.5) is 18.0 Å². The van der Waals surface area contributed by atoms with Crippen LogP contribution in [0.5, 0.6) is 0 Å². The SMILES string of the molecule is C=N/N=C(\OCC(F)F)c1ccc(Cn2c(=O)oc3cc(-c4cnn(C5CCN(C(=O)OC(C)(C)C)CC5)c4)c(F)cc32)nc1. The van der Waals surface area contributed by atoms with Crippen LogP contribution in [-0.2, 0) is 16.0 Å². The van der Waals surface area contributed by atoms with Crippen molar-refractivity contribution < 1.29 is 31.9 Å². The Morgan fingerprint density at radius 2 is 1.96 bits per heavy atom. The van der Waals surface area contributed by atoms with E-state index in [1.54, 1.807) is 28.0 Å². The predicted molar refractivity (Wildman–Crippen MR) is 159 cm³/mol. The van der Waals surface area contributed by atoms with Gasteiger partial charge in [0.2, 0.25) is 5.90 Å². The Bertz CT molecular complexity index is 1770. The summed E-state index contributed by atoms with van der Waals surface area (Å²) in [5.41, 5.74) is 1.25. The van der Waals surface area contributed by atoms with Crippen molar-refractivity contribution in [3.05, 3.63) is 70.5 Å². The van der Waals surface area contributed by atoms with Crippen molar-refractivity contribution in [2.45, 2.75) is 58.2 Å². The van der Waals surface area contributed by atoms with Gasteiger partial charge in [0.15, 0.2) is 12.2 Å². The van der Waals surface area contributed by atoms with Gasteiger partial charge in [-0.1, -0.05) is 0 Å². The molecule has 1 aliphatic heterocycles. The van der Waals surface area contributed by atoms with Crippen LogP contribution in [0.3, 0.4) is 0 Å². The lowest BCUT2D eigenvalue weighted by Gasteiger charge is -2.33. The van der Waals surface area contributed by atoms with Crippen LogP contribution in [0.15, 0.2) is 62.3 Å². The average Bonchev–Trinajstić information content (AvgIpc) is 3.59. The van der Waals surface area contributed by atoms with E-state index in [9.17, 15) is 18.4 Å². The maximum atomic E-state index is 15.4. The maximum absolute atomic E-state index is 15.4. The largest absolute Gasteiger partial charge is 0.470 e.